The van der Waals surface area contributed by atoms with Crippen LogP contribution < -0.4 is 15.0 Å². The maximum atomic E-state index is 12.7. The largest absolute Gasteiger partial charge is 0.495 e. The van der Waals surface area contributed by atoms with Crippen LogP contribution >= 0.6 is 11.6 Å². The third-order valence-electron chi connectivity index (χ3n) is 4.43. The molecule has 0 bridgehead atoms. The molecule has 6 heteroatoms. The number of carbonyl (C=O) groups excluding carboxylic acids is 2. The predicted octanol–water partition coefficient (Wildman–Crippen LogP) is 3.96. The van der Waals surface area contributed by atoms with E-state index in [4.69, 9.17) is 16.3 Å². The van der Waals surface area contributed by atoms with Crippen LogP contribution in [0.1, 0.15) is 17.5 Å². The van der Waals surface area contributed by atoms with Gasteiger partial charge in [0.1, 0.15) is 5.75 Å². The van der Waals surface area contributed by atoms with E-state index in [9.17, 15) is 9.59 Å². The minimum Gasteiger partial charge on any atom is -0.495 e. The maximum absolute atomic E-state index is 12.7. The Morgan fingerprint density at radius 1 is 1.19 bits per heavy atom. The molecule has 0 aliphatic carbocycles. The van der Waals surface area contributed by atoms with E-state index in [1.807, 2.05) is 26.0 Å². The number of nitrogens with zero attached hydrogens (tertiary/aromatic N) is 1. The summed E-state index contributed by atoms with van der Waals surface area (Å²) in [6.45, 7) is 4.34. The average molecular weight is 373 g/mol. The molecule has 2 amide bonds. The van der Waals surface area contributed by atoms with Gasteiger partial charge in [-0.3, -0.25) is 9.59 Å². The van der Waals surface area contributed by atoms with Crippen LogP contribution in [0.5, 0.6) is 5.75 Å². The molecule has 26 heavy (non-hydrogen) atoms. The summed E-state index contributed by atoms with van der Waals surface area (Å²) in [5.41, 5.74) is 3.51. The Balaban J connectivity index is 1.76. The molecule has 1 heterocycles. The predicted molar refractivity (Wildman–Crippen MR) is 103 cm³/mol. The first-order chi connectivity index (χ1) is 12.4. The minimum atomic E-state index is -0.424. The molecule has 1 aliphatic heterocycles. The fourth-order valence-corrected chi connectivity index (χ4v) is 3.42. The lowest BCUT2D eigenvalue weighted by Gasteiger charge is -2.18. The van der Waals surface area contributed by atoms with Gasteiger partial charge in [0, 0.05) is 23.7 Å². The highest BCUT2D eigenvalue weighted by Gasteiger charge is 2.35. The van der Waals surface area contributed by atoms with E-state index in [-0.39, 0.29) is 18.2 Å². The van der Waals surface area contributed by atoms with E-state index in [1.165, 1.54) is 7.11 Å². The van der Waals surface area contributed by atoms with Crippen LogP contribution in [0.15, 0.2) is 36.4 Å². The van der Waals surface area contributed by atoms with E-state index >= 15 is 0 Å². The molecule has 0 radical (unpaired) electrons. The molecule has 0 aromatic heterocycles. The number of benzene rings is 2. The molecule has 1 saturated heterocycles. The van der Waals surface area contributed by atoms with Crippen LogP contribution in [0.2, 0.25) is 5.02 Å². The zero-order valence-corrected chi connectivity index (χ0v) is 15.8. The van der Waals surface area contributed by atoms with Gasteiger partial charge < -0.3 is 15.0 Å². The van der Waals surface area contributed by atoms with Gasteiger partial charge in [0.05, 0.1) is 18.7 Å². The standard InChI is InChI=1S/C20H21ClN2O3/c1-12-6-13(2)8-16(7-12)23-11-14(9-19(23)24)20(25)22-17-10-15(21)4-5-18(17)26-3/h4-8,10,14H,9,11H2,1-3H3,(H,22,25)/t14-/m0/s1. The first-order valence-electron chi connectivity index (χ1n) is 8.40. The van der Waals surface area contributed by atoms with Gasteiger partial charge in [-0.25, -0.2) is 0 Å². The molecule has 2 aromatic rings. The van der Waals surface area contributed by atoms with Gasteiger partial charge in [-0.15, -0.1) is 0 Å². The number of nitrogens with one attached hydrogen (secondary N) is 1. The van der Waals surface area contributed by atoms with Crippen LogP contribution in [0, 0.1) is 19.8 Å². The molecule has 1 aliphatic rings. The zero-order valence-electron chi connectivity index (χ0n) is 15.0. The second kappa shape index (κ2) is 7.38. The minimum absolute atomic E-state index is 0.0480. The van der Waals surface area contributed by atoms with E-state index < -0.39 is 5.92 Å². The van der Waals surface area contributed by atoms with Crippen molar-refractivity contribution in [3.8, 4) is 5.75 Å². The van der Waals surface area contributed by atoms with Crippen molar-refractivity contribution < 1.29 is 14.3 Å². The Morgan fingerprint density at radius 2 is 1.88 bits per heavy atom. The summed E-state index contributed by atoms with van der Waals surface area (Å²) in [7, 11) is 1.53. The van der Waals surface area contributed by atoms with Crippen molar-refractivity contribution >= 4 is 34.8 Å². The quantitative estimate of drug-likeness (QED) is 0.883. The summed E-state index contributed by atoms with van der Waals surface area (Å²) in [5, 5.41) is 3.33. The summed E-state index contributed by atoms with van der Waals surface area (Å²) < 4.78 is 5.25. The second-order valence-corrected chi connectivity index (χ2v) is 7.02. The van der Waals surface area contributed by atoms with Crippen molar-refractivity contribution in [1.29, 1.82) is 0 Å². The number of aryl methyl sites for hydroxylation is 2. The van der Waals surface area contributed by atoms with Gasteiger partial charge in [-0.2, -0.15) is 0 Å². The summed E-state index contributed by atoms with van der Waals surface area (Å²) in [5.74, 6) is -0.163. The lowest BCUT2D eigenvalue weighted by Crippen LogP contribution is -2.28. The molecular weight excluding hydrogens is 352 g/mol. The van der Waals surface area contributed by atoms with Crippen molar-refractivity contribution in [2.75, 3.05) is 23.9 Å². The zero-order chi connectivity index (χ0) is 18.8. The number of anilines is 2. The third-order valence-corrected chi connectivity index (χ3v) is 4.67. The Bertz CT molecular complexity index is 846. The molecule has 1 N–H and O–H groups in total. The monoisotopic (exact) mass is 372 g/mol. The molecule has 5 nitrogen and oxygen atoms in total. The number of hydrogen-bond acceptors (Lipinski definition) is 3. The summed E-state index contributed by atoms with van der Waals surface area (Å²) in [6, 6.07) is 11.0. The number of halogens is 1. The van der Waals surface area contributed by atoms with E-state index in [0.717, 1.165) is 16.8 Å². The van der Waals surface area contributed by atoms with Gasteiger partial charge in [-0.05, 0) is 55.3 Å². The average Bonchev–Trinajstić information content (AvgIpc) is 2.96. The number of amides is 2. The van der Waals surface area contributed by atoms with E-state index in [2.05, 4.69) is 11.4 Å². The first-order valence-corrected chi connectivity index (χ1v) is 8.78. The highest BCUT2D eigenvalue weighted by atomic mass is 35.5. The van der Waals surface area contributed by atoms with Crippen molar-refractivity contribution in [2.24, 2.45) is 5.92 Å². The van der Waals surface area contributed by atoms with Gasteiger partial charge in [0.25, 0.3) is 0 Å². The van der Waals surface area contributed by atoms with Crippen molar-refractivity contribution in [3.63, 3.8) is 0 Å². The maximum Gasteiger partial charge on any atom is 0.229 e. The summed E-state index contributed by atoms with van der Waals surface area (Å²) >= 11 is 6.00. The molecule has 0 unspecified atom stereocenters. The Hall–Kier alpha value is -2.53. The molecular formula is C20H21ClN2O3. The van der Waals surface area contributed by atoms with E-state index in [1.54, 1.807) is 23.1 Å². The molecule has 3 rings (SSSR count). The molecule has 1 fully saturated rings. The van der Waals surface area contributed by atoms with Crippen LogP contribution in [0.25, 0.3) is 0 Å². The van der Waals surface area contributed by atoms with Crippen LogP contribution in [0.4, 0.5) is 11.4 Å². The number of carbonyl (C=O) groups is 2. The van der Waals surface area contributed by atoms with Crippen LogP contribution in [-0.2, 0) is 9.59 Å². The lowest BCUT2D eigenvalue weighted by atomic mass is 10.1. The Kier molecular flexibility index (Phi) is 5.18. The molecule has 1 atom stereocenters. The SMILES string of the molecule is COc1ccc(Cl)cc1NC(=O)[C@H]1CC(=O)N(c2cc(C)cc(C)c2)C1. The van der Waals surface area contributed by atoms with Crippen molar-refractivity contribution in [3.05, 3.63) is 52.5 Å². The fraction of sp³-hybridized carbons (Fsp3) is 0.300. The number of hydrogen-bond donors (Lipinski definition) is 1. The normalized spacial score (nSPS) is 16.7. The van der Waals surface area contributed by atoms with Gasteiger partial charge in [-0.1, -0.05) is 17.7 Å². The fourth-order valence-electron chi connectivity index (χ4n) is 3.25. The summed E-state index contributed by atoms with van der Waals surface area (Å²) in [4.78, 5) is 26.8. The van der Waals surface area contributed by atoms with Gasteiger partial charge in [0.2, 0.25) is 11.8 Å². The molecule has 136 valence electrons. The van der Waals surface area contributed by atoms with E-state index in [0.29, 0.717) is 23.0 Å². The topological polar surface area (TPSA) is 58.6 Å². The molecule has 0 saturated carbocycles. The molecule has 0 spiro atoms. The third kappa shape index (κ3) is 3.83. The van der Waals surface area contributed by atoms with Gasteiger partial charge >= 0.3 is 0 Å². The van der Waals surface area contributed by atoms with Crippen LogP contribution in [0.3, 0.4) is 0 Å². The highest BCUT2D eigenvalue weighted by molar-refractivity contribution is 6.31. The highest BCUT2D eigenvalue weighted by Crippen LogP contribution is 2.31. The van der Waals surface area contributed by atoms with Gasteiger partial charge in [0.15, 0.2) is 0 Å². The lowest BCUT2D eigenvalue weighted by molar-refractivity contribution is -0.122. The Morgan fingerprint density at radius 3 is 2.54 bits per heavy atom. The first kappa shape index (κ1) is 18.3. The number of methoxy groups -OCH3 is 1. The van der Waals surface area contributed by atoms with Crippen molar-refractivity contribution in [1.82, 2.24) is 0 Å². The number of rotatable bonds is 4. The second-order valence-electron chi connectivity index (χ2n) is 6.59. The van der Waals surface area contributed by atoms with Crippen molar-refractivity contribution in [2.45, 2.75) is 20.3 Å². The van der Waals surface area contributed by atoms with Crippen LogP contribution in [-0.4, -0.2) is 25.5 Å². The smallest absolute Gasteiger partial charge is 0.229 e. The Labute approximate surface area is 157 Å². The molecule has 2 aromatic carbocycles. The number of ether oxygens (including phenoxy) is 1. The summed E-state index contributed by atoms with van der Waals surface area (Å²) in [6.07, 6.45) is 0.182.